The summed E-state index contributed by atoms with van der Waals surface area (Å²) in [6.07, 6.45) is 4.18. The van der Waals surface area contributed by atoms with E-state index >= 15 is 0 Å². The fourth-order valence-corrected chi connectivity index (χ4v) is 3.44. The average Bonchev–Trinajstić information content (AvgIpc) is 2.93. The average molecular weight is 281 g/mol. The van der Waals surface area contributed by atoms with Crippen LogP contribution in [0.5, 0.6) is 0 Å². The van der Waals surface area contributed by atoms with Crippen LogP contribution in [0.1, 0.15) is 39.4 Å². The number of hydrogen-bond acceptors (Lipinski definition) is 5. The predicted octanol–water partition coefficient (Wildman–Crippen LogP) is 2.30. The molecule has 2 rings (SSSR count). The Kier molecular flexibility index (Phi) is 4.85. The summed E-state index contributed by atoms with van der Waals surface area (Å²) in [4.78, 5) is 4.69. The van der Waals surface area contributed by atoms with Gasteiger partial charge in [0.1, 0.15) is 6.33 Å². The topological polar surface area (TPSA) is 55.1 Å². The second kappa shape index (κ2) is 6.41. The number of amidine groups is 1. The molecule has 0 atom stereocenters. The highest BCUT2D eigenvalue weighted by Crippen LogP contribution is 2.34. The van der Waals surface area contributed by atoms with Crippen molar-refractivity contribution in [2.45, 2.75) is 46.7 Å². The lowest BCUT2D eigenvalue weighted by molar-refractivity contribution is 0.318. The number of aromatic nitrogens is 3. The molecule has 0 aliphatic carbocycles. The van der Waals surface area contributed by atoms with E-state index in [0.29, 0.717) is 12.0 Å². The van der Waals surface area contributed by atoms with E-state index in [9.17, 15) is 0 Å². The van der Waals surface area contributed by atoms with E-state index in [0.717, 1.165) is 29.8 Å². The third kappa shape index (κ3) is 3.29. The van der Waals surface area contributed by atoms with E-state index in [-0.39, 0.29) is 0 Å². The number of rotatable bonds is 5. The summed E-state index contributed by atoms with van der Waals surface area (Å²) in [5.74, 6) is 2.13. The molecule has 0 saturated carbocycles. The molecule has 106 valence electrons. The summed E-state index contributed by atoms with van der Waals surface area (Å²) >= 11 is 1.84. The second-order valence-electron chi connectivity index (χ2n) is 5.00. The Labute approximate surface area is 119 Å². The van der Waals surface area contributed by atoms with Gasteiger partial charge in [0, 0.05) is 18.8 Å². The number of aliphatic imine (C=N–C) groups is 1. The molecule has 19 heavy (non-hydrogen) atoms. The molecule has 2 heterocycles. The van der Waals surface area contributed by atoms with Crippen LogP contribution in [-0.4, -0.2) is 32.2 Å². The van der Waals surface area contributed by atoms with Crippen LogP contribution >= 0.6 is 11.8 Å². The number of nitrogens with one attached hydrogen (secondary N) is 1. The van der Waals surface area contributed by atoms with Crippen molar-refractivity contribution in [2.24, 2.45) is 10.4 Å². The van der Waals surface area contributed by atoms with Crippen LogP contribution in [0.4, 0.5) is 0 Å². The molecule has 1 aliphatic rings. The van der Waals surface area contributed by atoms with E-state index in [4.69, 9.17) is 4.99 Å². The van der Waals surface area contributed by atoms with Crippen LogP contribution in [0.25, 0.3) is 0 Å². The lowest BCUT2D eigenvalue weighted by Gasteiger charge is -2.33. The summed E-state index contributed by atoms with van der Waals surface area (Å²) in [5, 5.41) is 12.5. The van der Waals surface area contributed by atoms with Gasteiger partial charge in [-0.05, 0) is 25.2 Å². The fourth-order valence-electron chi connectivity index (χ4n) is 2.17. The fraction of sp³-hybridized carbons (Fsp3) is 0.769. The monoisotopic (exact) mass is 281 g/mol. The first kappa shape index (κ1) is 14.4. The molecule has 0 amide bonds. The van der Waals surface area contributed by atoms with Crippen molar-refractivity contribution in [3.63, 3.8) is 0 Å². The summed E-state index contributed by atoms with van der Waals surface area (Å²) in [6, 6.07) is 0. The van der Waals surface area contributed by atoms with Gasteiger partial charge in [-0.1, -0.05) is 25.6 Å². The number of aryl methyl sites for hydroxylation is 1. The number of hydrogen-bond donors (Lipinski definition) is 1. The second-order valence-corrected chi connectivity index (χ2v) is 5.97. The van der Waals surface area contributed by atoms with Crippen molar-refractivity contribution >= 4 is 16.9 Å². The molecule has 5 nitrogen and oxygen atoms in total. The smallest absolute Gasteiger partial charge is 0.156 e. The molecule has 1 aromatic heterocycles. The van der Waals surface area contributed by atoms with Crippen LogP contribution in [-0.2, 0) is 13.1 Å². The van der Waals surface area contributed by atoms with Gasteiger partial charge in [-0.3, -0.25) is 4.99 Å². The van der Waals surface area contributed by atoms with E-state index in [1.165, 1.54) is 12.8 Å². The molecule has 0 fully saturated rings. The zero-order valence-electron chi connectivity index (χ0n) is 12.0. The summed E-state index contributed by atoms with van der Waals surface area (Å²) in [7, 11) is 0. The molecular weight excluding hydrogens is 258 g/mol. The van der Waals surface area contributed by atoms with Crippen LogP contribution in [0.3, 0.4) is 0 Å². The van der Waals surface area contributed by atoms with Gasteiger partial charge in [0.2, 0.25) is 0 Å². The minimum absolute atomic E-state index is 0.402. The normalized spacial score (nSPS) is 18.2. The van der Waals surface area contributed by atoms with Crippen LogP contribution in [0.15, 0.2) is 11.3 Å². The van der Waals surface area contributed by atoms with Gasteiger partial charge in [0.05, 0.1) is 6.54 Å². The highest BCUT2D eigenvalue weighted by atomic mass is 32.2. The highest BCUT2D eigenvalue weighted by Gasteiger charge is 2.30. The van der Waals surface area contributed by atoms with Crippen molar-refractivity contribution in [3.05, 3.63) is 12.2 Å². The minimum atomic E-state index is 0.402. The molecule has 1 N–H and O–H groups in total. The molecule has 0 aromatic carbocycles. The molecular formula is C13H23N5S. The standard InChI is InChI=1S/C13H23N5S/c1-4-13(5-2)8-15-12(19-9-13)14-7-11-17-16-10-18(11)6-3/h10H,4-9H2,1-3H3,(H,14,15). The molecule has 1 aromatic rings. The van der Waals surface area contributed by atoms with Gasteiger partial charge >= 0.3 is 0 Å². The number of nitrogens with zero attached hydrogens (tertiary/aromatic N) is 4. The largest absolute Gasteiger partial charge is 0.358 e. The summed E-state index contributed by atoms with van der Waals surface area (Å²) in [6.45, 7) is 9.17. The van der Waals surface area contributed by atoms with Gasteiger partial charge in [-0.2, -0.15) is 0 Å². The Morgan fingerprint density at radius 3 is 2.74 bits per heavy atom. The van der Waals surface area contributed by atoms with Crippen LogP contribution in [0, 0.1) is 5.41 Å². The molecule has 0 saturated heterocycles. The quantitative estimate of drug-likeness (QED) is 0.900. The molecule has 0 unspecified atom stereocenters. The maximum atomic E-state index is 4.69. The van der Waals surface area contributed by atoms with Crippen molar-refractivity contribution in [1.29, 1.82) is 0 Å². The van der Waals surface area contributed by atoms with Gasteiger partial charge in [-0.15, -0.1) is 10.2 Å². The Morgan fingerprint density at radius 2 is 2.16 bits per heavy atom. The van der Waals surface area contributed by atoms with E-state index < -0.39 is 0 Å². The molecule has 0 spiro atoms. The predicted molar refractivity (Wildman–Crippen MR) is 80.3 cm³/mol. The third-order valence-electron chi connectivity index (χ3n) is 4.01. The third-order valence-corrected chi connectivity index (χ3v) is 5.31. The van der Waals surface area contributed by atoms with Crippen molar-refractivity contribution < 1.29 is 0 Å². The first-order chi connectivity index (χ1) is 9.23. The highest BCUT2D eigenvalue weighted by molar-refractivity contribution is 8.13. The van der Waals surface area contributed by atoms with Crippen molar-refractivity contribution in [2.75, 3.05) is 12.3 Å². The van der Waals surface area contributed by atoms with Crippen LogP contribution in [0.2, 0.25) is 0 Å². The van der Waals surface area contributed by atoms with Crippen molar-refractivity contribution in [1.82, 2.24) is 20.1 Å². The Bertz CT molecular complexity index is 436. The van der Waals surface area contributed by atoms with Crippen LogP contribution < -0.4 is 5.32 Å². The lowest BCUT2D eigenvalue weighted by Crippen LogP contribution is -2.34. The maximum Gasteiger partial charge on any atom is 0.156 e. The zero-order chi connectivity index (χ0) is 13.7. The Hall–Kier alpha value is -1.04. The van der Waals surface area contributed by atoms with Gasteiger partial charge in [-0.25, -0.2) is 0 Å². The molecule has 1 aliphatic heterocycles. The Balaban J connectivity index is 1.90. The van der Waals surface area contributed by atoms with E-state index in [1.807, 2.05) is 16.3 Å². The zero-order valence-corrected chi connectivity index (χ0v) is 12.8. The summed E-state index contributed by atoms with van der Waals surface area (Å²) < 4.78 is 2.05. The SMILES string of the molecule is CCn1cnnc1CNC1=NCC(CC)(CC)CS1. The molecule has 0 bridgehead atoms. The maximum absolute atomic E-state index is 4.69. The van der Waals surface area contributed by atoms with E-state index in [1.54, 1.807) is 6.33 Å². The lowest BCUT2D eigenvalue weighted by atomic mass is 9.84. The minimum Gasteiger partial charge on any atom is -0.358 e. The van der Waals surface area contributed by atoms with E-state index in [2.05, 4.69) is 36.3 Å². The van der Waals surface area contributed by atoms with Gasteiger partial charge in [0.15, 0.2) is 11.0 Å². The first-order valence-corrected chi connectivity index (χ1v) is 7.99. The number of thioether (sulfide) groups is 1. The molecule has 6 heteroatoms. The van der Waals surface area contributed by atoms with Gasteiger partial charge < -0.3 is 9.88 Å². The Morgan fingerprint density at radius 1 is 1.37 bits per heavy atom. The molecule has 0 radical (unpaired) electrons. The first-order valence-electron chi connectivity index (χ1n) is 7.01. The summed E-state index contributed by atoms with van der Waals surface area (Å²) in [5.41, 5.74) is 0.402. The van der Waals surface area contributed by atoms with Gasteiger partial charge in [0.25, 0.3) is 0 Å². The van der Waals surface area contributed by atoms with Crippen molar-refractivity contribution in [3.8, 4) is 0 Å².